The fourth-order valence-corrected chi connectivity index (χ4v) is 2.20. The predicted molar refractivity (Wildman–Crippen MR) is 93.2 cm³/mol. The van der Waals surface area contributed by atoms with E-state index in [2.05, 4.69) is 26.5 Å². The number of hydrogen-bond donors (Lipinski definition) is 1. The Labute approximate surface area is 146 Å². The lowest BCUT2D eigenvalue weighted by atomic mass is 10.1. The zero-order valence-electron chi connectivity index (χ0n) is 12.7. The predicted octanol–water partition coefficient (Wildman–Crippen LogP) is 3.06. The molecule has 0 saturated heterocycles. The Bertz CT molecular complexity index is 775. The van der Waals surface area contributed by atoms with Gasteiger partial charge in [-0.3, -0.25) is 14.9 Å². The molecular weight excluding hydrogens is 378 g/mol. The molecule has 0 bridgehead atoms. The van der Waals surface area contributed by atoms with Crippen molar-refractivity contribution < 1.29 is 14.5 Å². The van der Waals surface area contributed by atoms with Gasteiger partial charge in [0.15, 0.2) is 5.75 Å². The standard InChI is InChI=1S/C16H14BrN3O4/c1-24-15-7-4-12(8-14(15)20(22)23)10-18-19-16(21)9-11-2-5-13(17)6-3-11/h2-8,10H,9H2,1H3,(H,19,21)/b18-10+. The largest absolute Gasteiger partial charge is 0.490 e. The first-order valence-corrected chi connectivity index (χ1v) is 7.67. The summed E-state index contributed by atoms with van der Waals surface area (Å²) in [5.41, 5.74) is 3.56. The topological polar surface area (TPSA) is 93.8 Å². The van der Waals surface area contributed by atoms with Crippen LogP contribution in [0.15, 0.2) is 52.0 Å². The summed E-state index contributed by atoms with van der Waals surface area (Å²) in [4.78, 5) is 22.2. The lowest BCUT2D eigenvalue weighted by Gasteiger charge is -2.02. The van der Waals surface area contributed by atoms with Crippen molar-refractivity contribution >= 4 is 33.7 Å². The van der Waals surface area contributed by atoms with Crippen LogP contribution in [0.4, 0.5) is 5.69 Å². The number of nitrogens with one attached hydrogen (secondary N) is 1. The Morgan fingerprint density at radius 3 is 2.67 bits per heavy atom. The minimum absolute atomic E-state index is 0.163. The van der Waals surface area contributed by atoms with Crippen molar-refractivity contribution in [1.29, 1.82) is 0 Å². The summed E-state index contributed by atoms with van der Waals surface area (Å²) in [5, 5.41) is 14.8. The SMILES string of the molecule is COc1ccc(/C=N/NC(=O)Cc2ccc(Br)cc2)cc1[N+](=O)[O-]. The van der Waals surface area contributed by atoms with Gasteiger partial charge in [0.2, 0.25) is 5.91 Å². The average Bonchev–Trinajstić information content (AvgIpc) is 2.56. The molecular formula is C16H14BrN3O4. The fourth-order valence-electron chi connectivity index (χ4n) is 1.94. The molecule has 0 aliphatic rings. The Morgan fingerprint density at radius 2 is 2.04 bits per heavy atom. The first kappa shape index (κ1) is 17.6. The van der Waals surface area contributed by atoms with Gasteiger partial charge in [-0.05, 0) is 29.8 Å². The van der Waals surface area contributed by atoms with Crippen LogP contribution >= 0.6 is 15.9 Å². The van der Waals surface area contributed by atoms with E-state index in [4.69, 9.17) is 4.74 Å². The fraction of sp³-hybridized carbons (Fsp3) is 0.125. The van der Waals surface area contributed by atoms with Gasteiger partial charge < -0.3 is 4.74 Å². The molecule has 124 valence electrons. The molecule has 0 fully saturated rings. The second kappa shape index (κ2) is 8.21. The number of nitrogens with zero attached hydrogens (tertiary/aromatic N) is 2. The summed E-state index contributed by atoms with van der Waals surface area (Å²) in [6.07, 6.45) is 1.53. The Balaban J connectivity index is 1.98. The molecule has 0 heterocycles. The first-order valence-electron chi connectivity index (χ1n) is 6.88. The van der Waals surface area contributed by atoms with Crippen molar-refractivity contribution in [2.45, 2.75) is 6.42 Å². The molecule has 0 aliphatic carbocycles. The molecule has 7 nitrogen and oxygen atoms in total. The molecule has 0 unspecified atom stereocenters. The van der Waals surface area contributed by atoms with Crippen LogP contribution in [0, 0.1) is 10.1 Å². The molecule has 2 aromatic rings. The summed E-state index contributed by atoms with van der Waals surface area (Å²) in [6.45, 7) is 0. The number of methoxy groups -OCH3 is 1. The number of carbonyl (C=O) groups excluding carboxylic acids is 1. The van der Waals surface area contributed by atoms with E-state index in [0.29, 0.717) is 5.56 Å². The van der Waals surface area contributed by atoms with E-state index in [1.165, 1.54) is 25.5 Å². The first-order chi connectivity index (χ1) is 11.5. The average molecular weight is 392 g/mol. The van der Waals surface area contributed by atoms with Gasteiger partial charge in [0.05, 0.1) is 24.7 Å². The van der Waals surface area contributed by atoms with Crippen LogP contribution < -0.4 is 10.2 Å². The molecule has 1 amide bonds. The maximum absolute atomic E-state index is 11.8. The van der Waals surface area contributed by atoms with E-state index in [0.717, 1.165) is 10.0 Å². The number of carbonyl (C=O) groups is 1. The Morgan fingerprint density at radius 1 is 1.33 bits per heavy atom. The molecule has 0 aromatic heterocycles. The molecule has 0 radical (unpaired) electrons. The molecule has 2 aromatic carbocycles. The van der Waals surface area contributed by atoms with E-state index in [1.54, 1.807) is 6.07 Å². The summed E-state index contributed by atoms with van der Waals surface area (Å²) >= 11 is 3.32. The van der Waals surface area contributed by atoms with Crippen LogP contribution in [-0.4, -0.2) is 24.2 Å². The summed E-state index contributed by atoms with van der Waals surface area (Å²) in [6, 6.07) is 11.8. The third-order valence-corrected chi connectivity index (χ3v) is 3.61. The Kier molecular flexibility index (Phi) is 6.02. The number of amides is 1. The van der Waals surface area contributed by atoms with Crippen molar-refractivity contribution in [3.8, 4) is 5.75 Å². The van der Waals surface area contributed by atoms with Gasteiger partial charge in [-0.15, -0.1) is 0 Å². The minimum Gasteiger partial charge on any atom is -0.490 e. The maximum atomic E-state index is 11.8. The van der Waals surface area contributed by atoms with E-state index < -0.39 is 4.92 Å². The van der Waals surface area contributed by atoms with Crippen molar-refractivity contribution in [3.05, 3.63) is 68.2 Å². The number of benzene rings is 2. The highest BCUT2D eigenvalue weighted by molar-refractivity contribution is 9.10. The number of halogens is 1. The van der Waals surface area contributed by atoms with Gasteiger partial charge in [0, 0.05) is 16.1 Å². The third kappa shape index (κ3) is 4.88. The summed E-state index contributed by atoms with van der Waals surface area (Å²) < 4.78 is 5.86. The van der Waals surface area contributed by atoms with Crippen LogP contribution in [0.3, 0.4) is 0 Å². The van der Waals surface area contributed by atoms with Crippen LogP contribution in [0.2, 0.25) is 0 Å². The van der Waals surface area contributed by atoms with Crippen LogP contribution in [0.25, 0.3) is 0 Å². The Hall–Kier alpha value is -2.74. The number of rotatable bonds is 6. The zero-order chi connectivity index (χ0) is 17.5. The monoisotopic (exact) mass is 391 g/mol. The van der Waals surface area contributed by atoms with Gasteiger partial charge in [0.25, 0.3) is 0 Å². The van der Waals surface area contributed by atoms with Crippen molar-refractivity contribution in [1.82, 2.24) is 5.43 Å². The highest BCUT2D eigenvalue weighted by Gasteiger charge is 2.14. The van der Waals surface area contributed by atoms with E-state index in [-0.39, 0.29) is 23.8 Å². The number of ether oxygens (including phenoxy) is 1. The van der Waals surface area contributed by atoms with Gasteiger partial charge in [0.1, 0.15) is 0 Å². The number of nitro groups is 1. The second-order valence-corrected chi connectivity index (χ2v) is 5.70. The van der Waals surface area contributed by atoms with Gasteiger partial charge >= 0.3 is 5.69 Å². The van der Waals surface area contributed by atoms with E-state index in [1.807, 2.05) is 24.3 Å². The lowest BCUT2D eigenvalue weighted by Crippen LogP contribution is -2.19. The molecule has 0 aliphatic heterocycles. The maximum Gasteiger partial charge on any atom is 0.311 e. The summed E-state index contributed by atoms with van der Waals surface area (Å²) in [7, 11) is 1.36. The molecule has 1 N–H and O–H groups in total. The van der Waals surface area contributed by atoms with Crippen LogP contribution in [-0.2, 0) is 11.2 Å². The highest BCUT2D eigenvalue weighted by Crippen LogP contribution is 2.26. The van der Waals surface area contributed by atoms with E-state index >= 15 is 0 Å². The van der Waals surface area contributed by atoms with Crippen molar-refractivity contribution in [2.24, 2.45) is 5.10 Å². The minimum atomic E-state index is -0.539. The van der Waals surface area contributed by atoms with Crippen molar-refractivity contribution in [3.63, 3.8) is 0 Å². The highest BCUT2D eigenvalue weighted by atomic mass is 79.9. The molecule has 0 spiro atoms. The molecule has 8 heteroatoms. The smallest absolute Gasteiger partial charge is 0.311 e. The van der Waals surface area contributed by atoms with E-state index in [9.17, 15) is 14.9 Å². The second-order valence-electron chi connectivity index (χ2n) is 4.78. The van der Waals surface area contributed by atoms with Gasteiger partial charge in [-0.2, -0.15) is 5.10 Å². The number of hydrogen-bond acceptors (Lipinski definition) is 5. The van der Waals surface area contributed by atoms with Crippen molar-refractivity contribution in [2.75, 3.05) is 7.11 Å². The van der Waals surface area contributed by atoms with Gasteiger partial charge in [-0.1, -0.05) is 28.1 Å². The summed E-state index contributed by atoms with van der Waals surface area (Å²) in [5.74, 6) is -0.118. The van der Waals surface area contributed by atoms with Gasteiger partial charge in [-0.25, -0.2) is 5.43 Å². The molecule has 0 atom stereocenters. The number of hydrazone groups is 1. The molecule has 2 rings (SSSR count). The van der Waals surface area contributed by atoms with Crippen LogP contribution in [0.5, 0.6) is 5.75 Å². The lowest BCUT2D eigenvalue weighted by molar-refractivity contribution is -0.385. The quantitative estimate of drug-likeness (QED) is 0.465. The zero-order valence-corrected chi connectivity index (χ0v) is 14.3. The molecule has 24 heavy (non-hydrogen) atoms. The molecule has 0 saturated carbocycles. The third-order valence-electron chi connectivity index (χ3n) is 3.08. The normalized spacial score (nSPS) is 10.6. The number of nitro benzene ring substituents is 1. The van der Waals surface area contributed by atoms with Crippen LogP contribution in [0.1, 0.15) is 11.1 Å².